The van der Waals surface area contributed by atoms with Gasteiger partial charge in [0.15, 0.2) is 0 Å². The maximum absolute atomic E-state index is 12.3. The first-order valence-corrected chi connectivity index (χ1v) is 7.10. The highest BCUT2D eigenvalue weighted by molar-refractivity contribution is 7.16. The number of ether oxygens (including phenoxy) is 1. The molecule has 0 saturated heterocycles. The van der Waals surface area contributed by atoms with Crippen LogP contribution >= 0.6 is 11.3 Å². The summed E-state index contributed by atoms with van der Waals surface area (Å²) < 4.78 is 6.43. The minimum absolute atomic E-state index is 0.265. The first kappa shape index (κ1) is 13.7. The molecule has 0 atom stereocenters. The fourth-order valence-electron chi connectivity index (χ4n) is 1.96. The van der Waals surface area contributed by atoms with Crippen LogP contribution in [0.15, 0.2) is 29.1 Å². The summed E-state index contributed by atoms with van der Waals surface area (Å²) >= 11 is 1.27. The zero-order chi connectivity index (χ0) is 14.8. The number of nitrogens with two attached hydrogens (primary N) is 1. The van der Waals surface area contributed by atoms with Gasteiger partial charge >= 0.3 is 0 Å². The van der Waals surface area contributed by atoms with Crippen molar-refractivity contribution in [1.82, 2.24) is 19.8 Å². The summed E-state index contributed by atoms with van der Waals surface area (Å²) in [4.78, 5) is 12.8. The molecule has 0 fully saturated rings. The van der Waals surface area contributed by atoms with Gasteiger partial charge in [0, 0.05) is 13.0 Å². The van der Waals surface area contributed by atoms with E-state index in [4.69, 9.17) is 10.5 Å². The first-order valence-electron chi connectivity index (χ1n) is 6.28. The smallest absolute Gasteiger partial charge is 0.297 e. The molecule has 0 saturated carbocycles. The molecule has 0 spiro atoms. The Kier molecular flexibility index (Phi) is 3.63. The Morgan fingerprint density at radius 2 is 2.24 bits per heavy atom. The van der Waals surface area contributed by atoms with Crippen molar-refractivity contribution in [1.29, 1.82) is 0 Å². The Morgan fingerprint density at radius 3 is 3.00 bits per heavy atom. The number of hydrogen-bond donors (Lipinski definition) is 1. The lowest BCUT2D eigenvalue weighted by Crippen LogP contribution is -2.22. The SMILES string of the molecule is COc1cccc(Cc2nnc3sc(CN)nn3c2=O)c1. The molecule has 0 amide bonds. The molecule has 2 heterocycles. The zero-order valence-electron chi connectivity index (χ0n) is 11.3. The first-order chi connectivity index (χ1) is 10.2. The molecule has 108 valence electrons. The van der Waals surface area contributed by atoms with Gasteiger partial charge in [0.2, 0.25) is 4.96 Å². The molecule has 0 radical (unpaired) electrons. The Bertz CT molecular complexity index is 842. The van der Waals surface area contributed by atoms with E-state index >= 15 is 0 Å². The molecule has 3 rings (SSSR count). The fourth-order valence-corrected chi connectivity index (χ4v) is 2.66. The molecule has 1 aromatic carbocycles. The van der Waals surface area contributed by atoms with Crippen LogP contribution < -0.4 is 16.0 Å². The summed E-state index contributed by atoms with van der Waals surface area (Å²) in [5.41, 5.74) is 6.53. The highest BCUT2D eigenvalue weighted by Crippen LogP contribution is 2.15. The summed E-state index contributed by atoms with van der Waals surface area (Å²) in [6.07, 6.45) is 0.376. The molecule has 0 unspecified atom stereocenters. The molecular formula is C13H13N5O2S. The van der Waals surface area contributed by atoms with Crippen molar-refractivity contribution in [3.63, 3.8) is 0 Å². The van der Waals surface area contributed by atoms with Gasteiger partial charge in [0.05, 0.1) is 7.11 Å². The summed E-state index contributed by atoms with van der Waals surface area (Å²) in [7, 11) is 1.60. The molecule has 8 heteroatoms. The van der Waals surface area contributed by atoms with Gasteiger partial charge in [-0.2, -0.15) is 9.61 Å². The van der Waals surface area contributed by atoms with Crippen LogP contribution in [0.2, 0.25) is 0 Å². The minimum Gasteiger partial charge on any atom is -0.497 e. The van der Waals surface area contributed by atoms with Gasteiger partial charge in [-0.3, -0.25) is 4.79 Å². The molecule has 0 aliphatic carbocycles. The molecule has 7 nitrogen and oxygen atoms in total. The highest BCUT2D eigenvalue weighted by Gasteiger charge is 2.12. The average Bonchev–Trinajstić information content (AvgIpc) is 2.94. The third-order valence-corrected chi connectivity index (χ3v) is 3.90. The maximum atomic E-state index is 12.3. The highest BCUT2D eigenvalue weighted by atomic mass is 32.1. The van der Waals surface area contributed by atoms with Crippen molar-refractivity contribution < 1.29 is 4.74 Å². The van der Waals surface area contributed by atoms with Gasteiger partial charge in [0.25, 0.3) is 5.56 Å². The van der Waals surface area contributed by atoms with E-state index in [2.05, 4.69) is 15.3 Å². The number of aromatic nitrogens is 4. The Hall–Kier alpha value is -2.32. The van der Waals surface area contributed by atoms with Crippen LogP contribution in [0.4, 0.5) is 0 Å². The number of benzene rings is 1. The predicted molar refractivity (Wildman–Crippen MR) is 78.6 cm³/mol. The number of fused-ring (bicyclic) bond motifs is 1. The van der Waals surface area contributed by atoms with Gasteiger partial charge in [-0.25, -0.2) is 0 Å². The lowest BCUT2D eigenvalue weighted by molar-refractivity contribution is 0.414. The fraction of sp³-hybridized carbons (Fsp3) is 0.231. The standard InChI is InChI=1S/C13H13N5O2S/c1-20-9-4-2-3-8(5-9)6-10-12(19)18-13(16-15-10)21-11(7-14)17-18/h2-5H,6-7,14H2,1H3. The van der Waals surface area contributed by atoms with Crippen LogP contribution in [0.3, 0.4) is 0 Å². The van der Waals surface area contributed by atoms with Crippen molar-refractivity contribution in [2.45, 2.75) is 13.0 Å². The average molecular weight is 303 g/mol. The van der Waals surface area contributed by atoms with Crippen molar-refractivity contribution in [2.75, 3.05) is 7.11 Å². The molecule has 2 aromatic heterocycles. The van der Waals surface area contributed by atoms with Crippen LogP contribution in [-0.2, 0) is 13.0 Å². The molecule has 2 N–H and O–H groups in total. The van der Waals surface area contributed by atoms with Gasteiger partial charge < -0.3 is 10.5 Å². The van der Waals surface area contributed by atoms with Crippen molar-refractivity contribution >= 4 is 16.3 Å². The summed E-state index contributed by atoms with van der Waals surface area (Å²) in [6, 6.07) is 7.49. The number of rotatable bonds is 4. The van der Waals surface area contributed by atoms with E-state index in [0.717, 1.165) is 11.3 Å². The quantitative estimate of drug-likeness (QED) is 0.758. The second kappa shape index (κ2) is 5.58. The van der Waals surface area contributed by atoms with E-state index in [1.165, 1.54) is 15.9 Å². The van der Waals surface area contributed by atoms with Gasteiger partial charge in [-0.1, -0.05) is 23.5 Å². The number of nitrogens with zero attached hydrogens (tertiary/aromatic N) is 4. The largest absolute Gasteiger partial charge is 0.497 e. The molecule has 21 heavy (non-hydrogen) atoms. The van der Waals surface area contributed by atoms with Crippen molar-refractivity contribution in [3.8, 4) is 5.75 Å². The number of methoxy groups -OCH3 is 1. The second-order valence-corrected chi connectivity index (χ2v) is 5.41. The van der Waals surface area contributed by atoms with E-state index in [1.807, 2.05) is 24.3 Å². The predicted octanol–water partition coefficient (Wildman–Crippen LogP) is 0.604. The zero-order valence-corrected chi connectivity index (χ0v) is 12.1. The van der Waals surface area contributed by atoms with E-state index in [9.17, 15) is 4.79 Å². The maximum Gasteiger partial charge on any atom is 0.297 e. The normalized spacial score (nSPS) is 11.0. The Balaban J connectivity index is 2.00. The lowest BCUT2D eigenvalue weighted by Gasteiger charge is -2.03. The second-order valence-electron chi connectivity index (χ2n) is 4.37. The van der Waals surface area contributed by atoms with E-state index in [-0.39, 0.29) is 12.1 Å². The van der Waals surface area contributed by atoms with E-state index < -0.39 is 0 Å². The molecule has 0 aliphatic rings. The van der Waals surface area contributed by atoms with E-state index in [0.29, 0.717) is 22.1 Å². The molecule has 3 aromatic rings. The van der Waals surface area contributed by atoms with Gasteiger partial charge in [-0.15, -0.1) is 10.2 Å². The topological polar surface area (TPSA) is 95.4 Å². The summed E-state index contributed by atoms with van der Waals surface area (Å²) in [6.45, 7) is 0.276. The molecule has 0 bridgehead atoms. The monoisotopic (exact) mass is 303 g/mol. The van der Waals surface area contributed by atoms with Gasteiger partial charge in [0.1, 0.15) is 16.5 Å². The summed E-state index contributed by atoms with van der Waals surface area (Å²) in [5.74, 6) is 0.737. The third kappa shape index (κ3) is 2.63. The van der Waals surface area contributed by atoms with Crippen LogP contribution in [0.1, 0.15) is 16.3 Å². The van der Waals surface area contributed by atoms with Gasteiger partial charge in [-0.05, 0) is 17.7 Å². The minimum atomic E-state index is -0.265. The molecule has 0 aliphatic heterocycles. The summed E-state index contributed by atoms with van der Waals surface area (Å²) in [5, 5.41) is 12.8. The van der Waals surface area contributed by atoms with E-state index in [1.54, 1.807) is 7.11 Å². The van der Waals surface area contributed by atoms with Crippen LogP contribution in [0, 0.1) is 0 Å². The Labute approximate surface area is 124 Å². The van der Waals surface area contributed by atoms with Crippen LogP contribution in [-0.4, -0.2) is 26.9 Å². The number of hydrogen-bond acceptors (Lipinski definition) is 7. The van der Waals surface area contributed by atoms with Crippen LogP contribution in [0.5, 0.6) is 5.75 Å². The van der Waals surface area contributed by atoms with Crippen molar-refractivity contribution in [2.24, 2.45) is 5.73 Å². The molecular weight excluding hydrogens is 290 g/mol. The van der Waals surface area contributed by atoms with Crippen molar-refractivity contribution in [3.05, 3.63) is 50.9 Å². The third-order valence-electron chi connectivity index (χ3n) is 2.98. The Morgan fingerprint density at radius 1 is 1.38 bits per heavy atom. The van der Waals surface area contributed by atoms with Crippen LogP contribution in [0.25, 0.3) is 4.96 Å². The lowest BCUT2D eigenvalue weighted by atomic mass is 10.1.